The van der Waals surface area contributed by atoms with Crippen LogP contribution in [0.1, 0.15) is 37.3 Å². The Kier molecular flexibility index (Phi) is 13.2. The number of imide groups is 1. The molecule has 1 aromatic heterocycles. The molecule has 1 aromatic carbocycles. The molecule has 1 aliphatic heterocycles. The minimum absolute atomic E-state index is 0.140. The lowest BCUT2D eigenvalue weighted by molar-refractivity contribution is -0.135. The zero-order chi connectivity index (χ0) is 30.3. The maximum Gasteiger partial charge on any atom is 0.404 e. The van der Waals surface area contributed by atoms with E-state index in [4.69, 9.17) is 24.1 Å². The second-order valence-electron chi connectivity index (χ2n) is 9.60. The predicted octanol–water partition coefficient (Wildman–Crippen LogP) is 0.880. The average Bonchev–Trinajstić information content (AvgIpc) is 2.94. The molecule has 4 amide bonds. The minimum atomic E-state index is -1.05. The molecular formula is C28H38N4O10. The quantitative estimate of drug-likeness (QED) is 0.144. The lowest BCUT2D eigenvalue weighted by Crippen LogP contribution is -2.44. The van der Waals surface area contributed by atoms with Crippen LogP contribution >= 0.6 is 0 Å². The molecule has 0 aliphatic carbocycles. The number of piperidine rings is 1. The molecule has 2 heterocycles. The molecule has 1 aliphatic rings. The highest BCUT2D eigenvalue weighted by Gasteiger charge is 2.30. The number of nitrogens with zero attached hydrogens (tertiary/aromatic N) is 1. The number of rotatable bonds is 18. The van der Waals surface area contributed by atoms with E-state index in [1.54, 1.807) is 25.1 Å². The molecule has 4 N–H and O–H groups in total. The fraction of sp³-hybridized carbons (Fsp3) is 0.536. The van der Waals surface area contributed by atoms with Crippen molar-refractivity contribution in [2.45, 2.75) is 38.6 Å². The van der Waals surface area contributed by atoms with Crippen LogP contribution in [0.4, 0.5) is 4.79 Å². The van der Waals surface area contributed by atoms with Gasteiger partial charge in [-0.2, -0.15) is 0 Å². The van der Waals surface area contributed by atoms with Crippen molar-refractivity contribution in [2.75, 3.05) is 59.3 Å². The molecule has 1 saturated heterocycles. The first kappa shape index (κ1) is 32.5. The Labute approximate surface area is 242 Å². The van der Waals surface area contributed by atoms with Crippen LogP contribution in [0.2, 0.25) is 0 Å². The van der Waals surface area contributed by atoms with Crippen LogP contribution in [-0.4, -0.2) is 92.8 Å². The third-order valence-corrected chi connectivity index (χ3v) is 6.40. The van der Waals surface area contributed by atoms with E-state index in [-0.39, 0.29) is 36.8 Å². The molecule has 230 valence electrons. The number of nitrogens with one attached hydrogen (secondary N) is 3. The summed E-state index contributed by atoms with van der Waals surface area (Å²) in [5.74, 6) is -0.834. The van der Waals surface area contributed by atoms with Gasteiger partial charge in [-0.3, -0.25) is 29.1 Å². The van der Waals surface area contributed by atoms with Gasteiger partial charge in [0.15, 0.2) is 6.61 Å². The average molecular weight is 591 g/mol. The van der Waals surface area contributed by atoms with Crippen LogP contribution in [-0.2, 0) is 28.6 Å². The van der Waals surface area contributed by atoms with Crippen LogP contribution in [0.15, 0.2) is 29.1 Å². The van der Waals surface area contributed by atoms with Gasteiger partial charge in [-0.25, -0.2) is 4.79 Å². The lowest BCUT2D eigenvalue weighted by atomic mass is 10.0. The van der Waals surface area contributed by atoms with Crippen LogP contribution in [0, 0.1) is 6.92 Å². The second-order valence-corrected chi connectivity index (χ2v) is 9.60. The van der Waals surface area contributed by atoms with E-state index < -0.39 is 18.0 Å². The summed E-state index contributed by atoms with van der Waals surface area (Å²) in [4.78, 5) is 59.4. The third-order valence-electron chi connectivity index (χ3n) is 6.40. The monoisotopic (exact) mass is 590 g/mol. The van der Waals surface area contributed by atoms with Crippen molar-refractivity contribution < 1.29 is 43.2 Å². The number of ether oxygens (including phenoxy) is 4. The first-order chi connectivity index (χ1) is 20.3. The van der Waals surface area contributed by atoms with Crippen molar-refractivity contribution in [3.63, 3.8) is 0 Å². The lowest BCUT2D eigenvalue weighted by Gasteiger charge is -2.25. The molecular weight excluding hydrogens is 552 g/mol. The van der Waals surface area contributed by atoms with Crippen LogP contribution < -0.4 is 26.2 Å². The number of aryl methyl sites for hydroxylation is 1. The number of hydrogen-bond donors (Lipinski definition) is 4. The molecule has 1 atom stereocenters. The maximum absolute atomic E-state index is 12.8. The number of benzene rings is 1. The summed E-state index contributed by atoms with van der Waals surface area (Å²) in [6.45, 7) is 4.86. The molecule has 0 radical (unpaired) electrons. The fourth-order valence-electron chi connectivity index (χ4n) is 4.35. The molecule has 2 aromatic rings. The highest BCUT2D eigenvalue weighted by molar-refractivity contribution is 6.00. The molecule has 3 rings (SSSR count). The van der Waals surface area contributed by atoms with Crippen molar-refractivity contribution in [3.05, 3.63) is 40.2 Å². The highest BCUT2D eigenvalue weighted by Crippen LogP contribution is 2.27. The van der Waals surface area contributed by atoms with E-state index in [9.17, 15) is 24.0 Å². The molecule has 1 unspecified atom stereocenters. The molecule has 0 bridgehead atoms. The summed E-state index contributed by atoms with van der Waals surface area (Å²) in [5.41, 5.74) is 0.879. The van der Waals surface area contributed by atoms with Gasteiger partial charge in [0.05, 0.1) is 31.9 Å². The van der Waals surface area contributed by atoms with Gasteiger partial charge in [-0.15, -0.1) is 0 Å². The van der Waals surface area contributed by atoms with Crippen LogP contribution in [0.5, 0.6) is 5.75 Å². The minimum Gasteiger partial charge on any atom is -0.484 e. The normalized spacial score (nSPS) is 14.9. The Hall–Kier alpha value is -4.01. The SMILES string of the molecule is Cc1cc(=O)n(C2CCC(=O)NC2=O)c2cc(OCC(=O)NCCCOCCOCCOCCCNC(=O)O)ccc12. The third kappa shape index (κ3) is 10.4. The Morgan fingerprint density at radius 2 is 1.60 bits per heavy atom. The Bertz CT molecular complexity index is 1300. The zero-order valence-electron chi connectivity index (χ0n) is 23.6. The van der Waals surface area contributed by atoms with Crippen LogP contribution in [0.25, 0.3) is 10.9 Å². The number of carboxylic acid groups (broad SMARTS) is 1. The maximum atomic E-state index is 12.8. The van der Waals surface area contributed by atoms with Gasteiger partial charge in [0.2, 0.25) is 11.8 Å². The van der Waals surface area contributed by atoms with E-state index in [2.05, 4.69) is 16.0 Å². The largest absolute Gasteiger partial charge is 0.484 e. The molecule has 14 heteroatoms. The molecule has 42 heavy (non-hydrogen) atoms. The van der Waals surface area contributed by atoms with Gasteiger partial charge in [-0.05, 0) is 43.9 Å². The van der Waals surface area contributed by atoms with Crippen molar-refractivity contribution in [1.29, 1.82) is 0 Å². The summed E-state index contributed by atoms with van der Waals surface area (Å²) in [6, 6.07) is 5.75. The predicted molar refractivity (Wildman–Crippen MR) is 151 cm³/mol. The Morgan fingerprint density at radius 3 is 2.24 bits per heavy atom. The van der Waals surface area contributed by atoms with Crippen LogP contribution in [0.3, 0.4) is 0 Å². The van der Waals surface area contributed by atoms with Crippen molar-refractivity contribution in [1.82, 2.24) is 20.5 Å². The summed E-state index contributed by atoms with van der Waals surface area (Å²) in [5, 5.41) is 16.5. The van der Waals surface area contributed by atoms with Crippen molar-refractivity contribution in [2.24, 2.45) is 0 Å². The van der Waals surface area contributed by atoms with Gasteiger partial charge in [-0.1, -0.05) is 0 Å². The topological polar surface area (TPSA) is 184 Å². The fourth-order valence-corrected chi connectivity index (χ4v) is 4.35. The number of aromatic nitrogens is 1. The first-order valence-corrected chi connectivity index (χ1v) is 13.9. The summed E-state index contributed by atoms with van der Waals surface area (Å²) in [6.07, 6.45) is 0.510. The molecule has 0 spiro atoms. The molecule has 14 nitrogen and oxygen atoms in total. The zero-order valence-corrected chi connectivity index (χ0v) is 23.6. The van der Waals surface area contributed by atoms with E-state index in [1.165, 1.54) is 10.6 Å². The summed E-state index contributed by atoms with van der Waals surface area (Å²) >= 11 is 0. The van der Waals surface area contributed by atoms with E-state index in [0.29, 0.717) is 76.8 Å². The second kappa shape index (κ2) is 17.1. The van der Waals surface area contributed by atoms with Gasteiger partial charge < -0.3 is 34.7 Å². The number of amides is 4. The number of carbonyl (C=O) groups is 4. The van der Waals surface area contributed by atoms with E-state index >= 15 is 0 Å². The highest BCUT2D eigenvalue weighted by atomic mass is 16.5. The smallest absolute Gasteiger partial charge is 0.404 e. The van der Waals surface area contributed by atoms with Crippen molar-refractivity contribution >= 4 is 34.7 Å². The Morgan fingerprint density at radius 1 is 0.952 bits per heavy atom. The summed E-state index contributed by atoms with van der Waals surface area (Å²) in [7, 11) is 0. The molecule has 0 saturated carbocycles. The number of pyridine rings is 1. The Balaban J connectivity index is 1.32. The van der Waals surface area contributed by atoms with Gasteiger partial charge >= 0.3 is 6.09 Å². The number of carbonyl (C=O) groups excluding carboxylic acids is 3. The standard InChI is InChI=1S/C28H38N4O10/c1-19-16-26(35)32(22-6-7-24(33)31-27(22)36)23-17-20(4-5-21(19)23)42-18-25(34)29-8-2-10-39-12-14-41-15-13-40-11-3-9-30-28(37)38/h4-5,16-17,22,30H,2-3,6-15,18H2,1H3,(H,29,34)(H,37,38)(H,31,33,36). The van der Waals surface area contributed by atoms with E-state index in [0.717, 1.165) is 10.9 Å². The number of hydrogen-bond acceptors (Lipinski definition) is 9. The van der Waals surface area contributed by atoms with Gasteiger partial charge in [0, 0.05) is 50.2 Å². The first-order valence-electron chi connectivity index (χ1n) is 13.9. The van der Waals surface area contributed by atoms with Gasteiger partial charge in [0.25, 0.3) is 11.5 Å². The summed E-state index contributed by atoms with van der Waals surface area (Å²) < 4.78 is 23.2. The van der Waals surface area contributed by atoms with E-state index in [1.807, 2.05) is 0 Å². The van der Waals surface area contributed by atoms with Gasteiger partial charge in [0.1, 0.15) is 11.8 Å². The molecule has 1 fully saturated rings. The van der Waals surface area contributed by atoms with Crippen molar-refractivity contribution in [3.8, 4) is 5.75 Å². The number of fused-ring (bicyclic) bond motifs is 1.